The highest BCUT2D eigenvalue weighted by molar-refractivity contribution is 9.10. The Labute approximate surface area is 119 Å². The number of hydrogen-bond donors (Lipinski definition) is 1. The maximum atomic E-state index is 13.5. The first-order chi connectivity index (χ1) is 9.01. The topological polar surface area (TPSA) is 48.1 Å². The predicted octanol–water partition coefficient (Wildman–Crippen LogP) is 3.85. The first kappa shape index (κ1) is 14.0. The highest BCUT2D eigenvalue weighted by atomic mass is 79.9. The number of nitrogens with zero attached hydrogens (tertiary/aromatic N) is 1. The van der Waals surface area contributed by atoms with Crippen LogP contribution in [-0.2, 0) is 6.54 Å². The molecule has 5 heteroatoms. The van der Waals surface area contributed by atoms with E-state index in [0.717, 1.165) is 17.0 Å². The van der Waals surface area contributed by atoms with Crippen LogP contribution in [0.4, 0.5) is 4.39 Å². The number of aromatic nitrogens is 1. The Kier molecular flexibility index (Phi) is 4.17. The lowest BCUT2D eigenvalue weighted by Crippen LogP contribution is -2.05. The molecule has 0 atom stereocenters. The van der Waals surface area contributed by atoms with E-state index in [9.17, 15) is 4.39 Å². The molecule has 0 aliphatic heterocycles. The van der Waals surface area contributed by atoms with E-state index in [-0.39, 0.29) is 5.82 Å². The number of aryl methyl sites for hydroxylation is 2. The first-order valence-electron chi connectivity index (χ1n) is 5.81. The minimum Gasteiger partial charge on any atom is -0.457 e. The van der Waals surface area contributed by atoms with Crippen LogP contribution in [-0.4, -0.2) is 4.98 Å². The van der Waals surface area contributed by atoms with Crippen LogP contribution in [0.2, 0.25) is 0 Å². The molecule has 100 valence electrons. The van der Waals surface area contributed by atoms with Gasteiger partial charge in [-0.1, -0.05) is 0 Å². The molecule has 2 aromatic rings. The van der Waals surface area contributed by atoms with Gasteiger partial charge in [-0.05, 0) is 41.9 Å². The predicted molar refractivity (Wildman–Crippen MR) is 75.8 cm³/mol. The number of nitrogens with two attached hydrogens (primary N) is 1. The van der Waals surface area contributed by atoms with Crippen molar-refractivity contribution in [2.24, 2.45) is 5.73 Å². The standard InChI is InChI=1S/C14H14BrFN2O/c1-8-5-14(11(7-17)9(2)18-8)19-10-3-4-12(15)13(16)6-10/h3-6H,7,17H2,1-2H3. The summed E-state index contributed by atoms with van der Waals surface area (Å²) in [6, 6.07) is 6.43. The van der Waals surface area contributed by atoms with Gasteiger partial charge in [0.2, 0.25) is 0 Å². The van der Waals surface area contributed by atoms with E-state index in [0.29, 0.717) is 22.5 Å². The highest BCUT2D eigenvalue weighted by Crippen LogP contribution is 2.29. The van der Waals surface area contributed by atoms with Gasteiger partial charge in [0, 0.05) is 35.6 Å². The summed E-state index contributed by atoms with van der Waals surface area (Å²) in [5.41, 5.74) is 8.20. The molecule has 0 saturated carbocycles. The average molecular weight is 325 g/mol. The van der Waals surface area contributed by atoms with E-state index < -0.39 is 0 Å². The molecule has 0 saturated heterocycles. The van der Waals surface area contributed by atoms with Crippen LogP contribution in [0.3, 0.4) is 0 Å². The third kappa shape index (κ3) is 3.11. The lowest BCUT2D eigenvalue weighted by atomic mass is 10.1. The molecule has 0 fully saturated rings. The summed E-state index contributed by atoms with van der Waals surface area (Å²) < 4.78 is 19.6. The Balaban J connectivity index is 2.39. The van der Waals surface area contributed by atoms with Crippen LogP contribution in [0.5, 0.6) is 11.5 Å². The number of halogens is 2. The maximum absolute atomic E-state index is 13.5. The molecule has 1 aromatic carbocycles. The summed E-state index contributed by atoms with van der Waals surface area (Å²) in [5, 5.41) is 0. The van der Waals surface area contributed by atoms with Crippen molar-refractivity contribution >= 4 is 15.9 Å². The third-order valence-electron chi connectivity index (χ3n) is 2.74. The summed E-state index contributed by atoms with van der Waals surface area (Å²) >= 11 is 3.11. The minimum absolute atomic E-state index is 0.327. The Morgan fingerprint density at radius 3 is 2.68 bits per heavy atom. The van der Waals surface area contributed by atoms with Gasteiger partial charge in [-0.15, -0.1) is 0 Å². The van der Waals surface area contributed by atoms with Crippen LogP contribution < -0.4 is 10.5 Å². The van der Waals surface area contributed by atoms with Crippen molar-refractivity contribution in [2.45, 2.75) is 20.4 Å². The van der Waals surface area contributed by atoms with Crippen molar-refractivity contribution in [1.82, 2.24) is 4.98 Å². The second-order valence-corrected chi connectivity index (χ2v) is 5.06. The lowest BCUT2D eigenvalue weighted by molar-refractivity contribution is 0.468. The van der Waals surface area contributed by atoms with Crippen molar-refractivity contribution in [3.05, 3.63) is 51.5 Å². The zero-order chi connectivity index (χ0) is 14.0. The summed E-state index contributed by atoms with van der Waals surface area (Å²) in [7, 11) is 0. The van der Waals surface area contributed by atoms with Gasteiger partial charge in [0.15, 0.2) is 0 Å². The van der Waals surface area contributed by atoms with Gasteiger partial charge in [-0.25, -0.2) is 4.39 Å². The second kappa shape index (κ2) is 5.67. The van der Waals surface area contributed by atoms with Gasteiger partial charge in [-0.2, -0.15) is 0 Å². The van der Waals surface area contributed by atoms with Gasteiger partial charge in [-0.3, -0.25) is 4.98 Å². The maximum Gasteiger partial charge on any atom is 0.141 e. The van der Waals surface area contributed by atoms with Gasteiger partial charge >= 0.3 is 0 Å². The Bertz CT molecular complexity index is 617. The molecular formula is C14H14BrFN2O. The number of ether oxygens (including phenoxy) is 1. The van der Waals surface area contributed by atoms with Crippen molar-refractivity contribution in [1.29, 1.82) is 0 Å². The molecule has 0 bridgehead atoms. The fourth-order valence-electron chi connectivity index (χ4n) is 1.83. The van der Waals surface area contributed by atoms with E-state index in [1.165, 1.54) is 6.07 Å². The quantitative estimate of drug-likeness (QED) is 0.932. The SMILES string of the molecule is Cc1cc(Oc2ccc(Br)c(F)c2)c(CN)c(C)n1. The fourth-order valence-corrected chi connectivity index (χ4v) is 2.07. The molecule has 0 radical (unpaired) electrons. The van der Waals surface area contributed by atoms with E-state index >= 15 is 0 Å². The zero-order valence-electron chi connectivity index (χ0n) is 10.7. The molecule has 1 aromatic heterocycles. The molecule has 0 unspecified atom stereocenters. The van der Waals surface area contributed by atoms with E-state index in [4.69, 9.17) is 10.5 Å². The Hall–Kier alpha value is -1.46. The van der Waals surface area contributed by atoms with Crippen molar-refractivity contribution in [3.63, 3.8) is 0 Å². The van der Waals surface area contributed by atoms with Gasteiger partial charge in [0.25, 0.3) is 0 Å². The largest absolute Gasteiger partial charge is 0.457 e. The van der Waals surface area contributed by atoms with Crippen LogP contribution in [0, 0.1) is 19.7 Å². The van der Waals surface area contributed by atoms with Crippen LogP contribution in [0.15, 0.2) is 28.7 Å². The molecule has 0 spiro atoms. The van der Waals surface area contributed by atoms with Crippen LogP contribution in [0.25, 0.3) is 0 Å². The Morgan fingerprint density at radius 1 is 1.32 bits per heavy atom. The average Bonchev–Trinajstić information content (AvgIpc) is 2.33. The number of benzene rings is 1. The van der Waals surface area contributed by atoms with Gasteiger partial charge < -0.3 is 10.5 Å². The van der Waals surface area contributed by atoms with Crippen LogP contribution in [0.1, 0.15) is 17.0 Å². The molecular weight excluding hydrogens is 311 g/mol. The molecule has 0 aliphatic rings. The monoisotopic (exact) mass is 324 g/mol. The van der Waals surface area contributed by atoms with Crippen molar-refractivity contribution in [2.75, 3.05) is 0 Å². The van der Waals surface area contributed by atoms with E-state index in [2.05, 4.69) is 20.9 Å². The molecule has 0 aliphatic carbocycles. The second-order valence-electron chi connectivity index (χ2n) is 4.21. The minimum atomic E-state index is -0.366. The van der Waals surface area contributed by atoms with E-state index in [1.54, 1.807) is 18.2 Å². The number of pyridine rings is 1. The summed E-state index contributed by atoms with van der Waals surface area (Å²) in [5.74, 6) is 0.684. The third-order valence-corrected chi connectivity index (χ3v) is 3.38. The fraction of sp³-hybridized carbons (Fsp3) is 0.214. The normalized spacial score (nSPS) is 10.6. The summed E-state index contributed by atoms with van der Waals surface area (Å²) in [6.45, 7) is 4.08. The Morgan fingerprint density at radius 2 is 2.05 bits per heavy atom. The lowest BCUT2D eigenvalue weighted by Gasteiger charge is -2.13. The smallest absolute Gasteiger partial charge is 0.141 e. The molecule has 2 N–H and O–H groups in total. The van der Waals surface area contributed by atoms with Gasteiger partial charge in [0.1, 0.15) is 17.3 Å². The molecule has 0 amide bonds. The molecule has 2 rings (SSSR count). The first-order valence-corrected chi connectivity index (χ1v) is 6.60. The number of hydrogen-bond acceptors (Lipinski definition) is 3. The summed E-state index contributed by atoms with van der Waals surface area (Å²) in [6.07, 6.45) is 0. The van der Waals surface area contributed by atoms with Gasteiger partial charge in [0.05, 0.1) is 4.47 Å². The molecule has 3 nitrogen and oxygen atoms in total. The zero-order valence-corrected chi connectivity index (χ0v) is 12.3. The molecule has 19 heavy (non-hydrogen) atoms. The highest BCUT2D eigenvalue weighted by Gasteiger charge is 2.10. The van der Waals surface area contributed by atoms with Crippen molar-refractivity contribution in [3.8, 4) is 11.5 Å². The van der Waals surface area contributed by atoms with E-state index in [1.807, 2.05) is 13.8 Å². The number of rotatable bonds is 3. The van der Waals surface area contributed by atoms with Crippen molar-refractivity contribution < 1.29 is 9.13 Å². The molecule has 1 heterocycles. The summed E-state index contributed by atoms with van der Waals surface area (Å²) in [4.78, 5) is 4.34. The van der Waals surface area contributed by atoms with Crippen LogP contribution >= 0.6 is 15.9 Å².